The van der Waals surface area contributed by atoms with Crippen molar-refractivity contribution in [2.45, 2.75) is 33.2 Å². The molecule has 1 fully saturated rings. The van der Waals surface area contributed by atoms with E-state index in [0.717, 1.165) is 32.5 Å². The van der Waals surface area contributed by atoms with Gasteiger partial charge in [0, 0.05) is 6.54 Å². The number of piperidine rings is 1. The van der Waals surface area contributed by atoms with Gasteiger partial charge in [0.25, 0.3) is 0 Å². The van der Waals surface area contributed by atoms with Crippen LogP contribution in [0.1, 0.15) is 37.2 Å². The highest BCUT2D eigenvalue weighted by Gasteiger charge is 2.30. The second-order valence-electron chi connectivity index (χ2n) is 5.94. The van der Waals surface area contributed by atoms with E-state index in [9.17, 15) is 4.79 Å². The Bertz CT molecular complexity index is 476. The molecule has 1 saturated heterocycles. The summed E-state index contributed by atoms with van der Waals surface area (Å²) in [5.74, 6) is -0.0408. The molecule has 0 spiro atoms. The number of nitrogen functional groups attached to an aromatic ring is 1. The number of carbonyl (C=O) groups excluding carboxylic acids is 1. The molecule has 6 nitrogen and oxygen atoms in total. The van der Waals surface area contributed by atoms with Gasteiger partial charge in [-0.05, 0) is 45.3 Å². The standard InChI is InChI=1S/C14H24N4O2/c1-4-20-13(19)11-12(15)18(10-16-11)9-14(2)5-7-17(3)8-6-14/h10H,4-9,15H2,1-3H3. The van der Waals surface area contributed by atoms with E-state index in [0.29, 0.717) is 12.4 Å². The van der Waals surface area contributed by atoms with Crippen molar-refractivity contribution in [3.8, 4) is 0 Å². The second kappa shape index (κ2) is 5.83. The van der Waals surface area contributed by atoms with Crippen molar-refractivity contribution >= 4 is 11.8 Å². The van der Waals surface area contributed by atoms with Crippen LogP contribution >= 0.6 is 0 Å². The molecule has 2 N–H and O–H groups in total. The van der Waals surface area contributed by atoms with Gasteiger partial charge in [-0.3, -0.25) is 0 Å². The van der Waals surface area contributed by atoms with Gasteiger partial charge in [0.05, 0.1) is 12.9 Å². The summed E-state index contributed by atoms with van der Waals surface area (Å²) in [6.07, 6.45) is 3.89. The summed E-state index contributed by atoms with van der Waals surface area (Å²) in [5, 5.41) is 0. The molecule has 1 aliphatic rings. The lowest BCUT2D eigenvalue weighted by molar-refractivity contribution is 0.0521. The van der Waals surface area contributed by atoms with E-state index in [-0.39, 0.29) is 11.1 Å². The lowest BCUT2D eigenvalue weighted by atomic mass is 9.80. The molecule has 20 heavy (non-hydrogen) atoms. The molecule has 0 aromatic carbocycles. The van der Waals surface area contributed by atoms with Gasteiger partial charge < -0.3 is 19.9 Å². The Labute approximate surface area is 119 Å². The number of carbonyl (C=O) groups is 1. The van der Waals surface area contributed by atoms with Crippen molar-refractivity contribution in [2.75, 3.05) is 32.5 Å². The normalized spacial score (nSPS) is 18.9. The van der Waals surface area contributed by atoms with Crippen LogP contribution in [0.2, 0.25) is 0 Å². The number of hydrogen-bond donors (Lipinski definition) is 1. The Balaban J connectivity index is 2.09. The number of rotatable bonds is 4. The van der Waals surface area contributed by atoms with Crippen molar-refractivity contribution in [1.29, 1.82) is 0 Å². The minimum atomic E-state index is -0.447. The number of nitrogens with zero attached hydrogens (tertiary/aromatic N) is 3. The van der Waals surface area contributed by atoms with Crippen LogP contribution in [0.4, 0.5) is 5.82 Å². The van der Waals surface area contributed by atoms with E-state index in [1.807, 2.05) is 4.57 Å². The Morgan fingerprint density at radius 2 is 2.15 bits per heavy atom. The van der Waals surface area contributed by atoms with Crippen molar-refractivity contribution < 1.29 is 9.53 Å². The molecule has 0 saturated carbocycles. The summed E-state index contributed by atoms with van der Waals surface area (Å²) in [5.41, 5.74) is 6.45. The third-order valence-electron chi connectivity index (χ3n) is 4.09. The van der Waals surface area contributed by atoms with E-state index in [1.54, 1.807) is 13.3 Å². The summed E-state index contributed by atoms with van der Waals surface area (Å²) < 4.78 is 6.82. The van der Waals surface area contributed by atoms with Gasteiger partial charge in [-0.15, -0.1) is 0 Å². The van der Waals surface area contributed by atoms with Crippen molar-refractivity contribution in [3.05, 3.63) is 12.0 Å². The molecule has 0 amide bonds. The third kappa shape index (κ3) is 3.12. The first-order chi connectivity index (χ1) is 9.45. The van der Waals surface area contributed by atoms with E-state index >= 15 is 0 Å². The van der Waals surface area contributed by atoms with Crippen LogP contribution in [0.5, 0.6) is 0 Å². The lowest BCUT2D eigenvalue weighted by Crippen LogP contribution is -2.38. The van der Waals surface area contributed by atoms with Gasteiger partial charge in [-0.25, -0.2) is 9.78 Å². The van der Waals surface area contributed by atoms with Crippen molar-refractivity contribution in [1.82, 2.24) is 14.5 Å². The maximum Gasteiger partial charge on any atom is 0.360 e. The highest BCUT2D eigenvalue weighted by molar-refractivity contribution is 5.92. The number of esters is 1. The maximum atomic E-state index is 11.7. The van der Waals surface area contributed by atoms with Gasteiger partial charge in [-0.2, -0.15) is 0 Å². The molecule has 0 aliphatic carbocycles. The van der Waals surface area contributed by atoms with E-state index in [2.05, 4.69) is 23.9 Å². The maximum absolute atomic E-state index is 11.7. The molecule has 112 valence electrons. The van der Waals surface area contributed by atoms with Gasteiger partial charge in [0.15, 0.2) is 5.69 Å². The smallest absolute Gasteiger partial charge is 0.360 e. The highest BCUT2D eigenvalue weighted by Crippen LogP contribution is 2.33. The number of anilines is 1. The Hall–Kier alpha value is -1.56. The van der Waals surface area contributed by atoms with Crippen LogP contribution in [-0.2, 0) is 11.3 Å². The molecule has 0 bridgehead atoms. The predicted octanol–water partition coefficient (Wildman–Crippen LogP) is 1.37. The molecule has 2 heterocycles. The molecular formula is C14H24N4O2. The van der Waals surface area contributed by atoms with Crippen LogP contribution in [-0.4, -0.2) is 47.2 Å². The fourth-order valence-corrected chi connectivity index (χ4v) is 2.60. The average Bonchev–Trinajstić information content (AvgIpc) is 2.75. The molecule has 1 aromatic heterocycles. The molecular weight excluding hydrogens is 256 g/mol. The zero-order chi connectivity index (χ0) is 14.8. The van der Waals surface area contributed by atoms with E-state index in [4.69, 9.17) is 10.5 Å². The average molecular weight is 280 g/mol. The summed E-state index contributed by atoms with van der Waals surface area (Å²) in [6.45, 7) is 7.34. The molecule has 6 heteroatoms. The monoisotopic (exact) mass is 280 g/mol. The quantitative estimate of drug-likeness (QED) is 0.843. The van der Waals surface area contributed by atoms with Gasteiger partial charge in [0.2, 0.25) is 0 Å². The lowest BCUT2D eigenvalue weighted by Gasteiger charge is -2.38. The Morgan fingerprint density at radius 3 is 2.75 bits per heavy atom. The number of ether oxygens (including phenoxy) is 1. The van der Waals surface area contributed by atoms with E-state index in [1.165, 1.54) is 0 Å². The fourth-order valence-electron chi connectivity index (χ4n) is 2.60. The van der Waals surface area contributed by atoms with Crippen molar-refractivity contribution in [2.24, 2.45) is 5.41 Å². The summed E-state index contributed by atoms with van der Waals surface area (Å²) in [6, 6.07) is 0. The Morgan fingerprint density at radius 1 is 1.50 bits per heavy atom. The fraction of sp³-hybridized carbons (Fsp3) is 0.714. The van der Waals surface area contributed by atoms with Crippen molar-refractivity contribution in [3.63, 3.8) is 0 Å². The minimum absolute atomic E-state index is 0.202. The first kappa shape index (κ1) is 14.8. The zero-order valence-electron chi connectivity index (χ0n) is 12.6. The molecule has 1 aromatic rings. The molecule has 2 rings (SSSR count). The molecule has 0 unspecified atom stereocenters. The SMILES string of the molecule is CCOC(=O)c1ncn(CC2(C)CCN(C)CC2)c1N. The summed E-state index contributed by atoms with van der Waals surface area (Å²) in [4.78, 5) is 18.1. The number of imidazole rings is 1. The summed E-state index contributed by atoms with van der Waals surface area (Å²) >= 11 is 0. The number of aromatic nitrogens is 2. The van der Waals surface area contributed by atoms with Crippen LogP contribution in [0, 0.1) is 5.41 Å². The van der Waals surface area contributed by atoms with Crippen LogP contribution in [0.3, 0.4) is 0 Å². The van der Waals surface area contributed by atoms with Gasteiger partial charge in [-0.1, -0.05) is 6.92 Å². The first-order valence-electron chi connectivity index (χ1n) is 7.11. The zero-order valence-corrected chi connectivity index (χ0v) is 12.6. The minimum Gasteiger partial charge on any atom is -0.461 e. The number of hydrogen-bond acceptors (Lipinski definition) is 5. The number of nitrogens with two attached hydrogens (primary N) is 1. The van der Waals surface area contributed by atoms with E-state index < -0.39 is 5.97 Å². The summed E-state index contributed by atoms with van der Waals surface area (Å²) in [7, 11) is 2.14. The highest BCUT2D eigenvalue weighted by atomic mass is 16.5. The van der Waals surface area contributed by atoms with Crippen LogP contribution in [0.15, 0.2) is 6.33 Å². The first-order valence-corrected chi connectivity index (χ1v) is 7.11. The molecule has 0 radical (unpaired) electrons. The van der Waals surface area contributed by atoms with Gasteiger partial charge in [0.1, 0.15) is 5.82 Å². The third-order valence-corrected chi connectivity index (χ3v) is 4.09. The number of likely N-dealkylation sites (tertiary alicyclic amines) is 1. The Kier molecular flexibility index (Phi) is 4.32. The van der Waals surface area contributed by atoms with Gasteiger partial charge >= 0.3 is 5.97 Å². The predicted molar refractivity (Wildman–Crippen MR) is 77.4 cm³/mol. The molecule has 0 atom stereocenters. The topological polar surface area (TPSA) is 73.4 Å². The second-order valence-corrected chi connectivity index (χ2v) is 5.94. The largest absolute Gasteiger partial charge is 0.461 e. The molecule has 1 aliphatic heterocycles. The van der Waals surface area contributed by atoms with Crippen LogP contribution < -0.4 is 5.73 Å². The van der Waals surface area contributed by atoms with Crippen LogP contribution in [0.25, 0.3) is 0 Å².